The number of aromatic nitrogens is 2. The van der Waals surface area contributed by atoms with Crippen LogP contribution in [0.3, 0.4) is 0 Å². The largest absolute Gasteiger partial charge is 0.434 e. The Hall–Kier alpha value is -3.80. The molecule has 36 heavy (non-hydrogen) atoms. The summed E-state index contributed by atoms with van der Waals surface area (Å²) in [6.07, 6.45) is 5.92. The van der Waals surface area contributed by atoms with Crippen molar-refractivity contribution in [1.29, 1.82) is 0 Å². The van der Waals surface area contributed by atoms with Crippen molar-refractivity contribution >= 4 is 17.9 Å². The van der Waals surface area contributed by atoms with Crippen LogP contribution in [0.5, 0.6) is 11.6 Å². The molecule has 2 atom stereocenters. The number of allylic oxidation sites excluding steroid dienone is 2. The number of hydrogen-bond acceptors (Lipinski definition) is 7. The van der Waals surface area contributed by atoms with Gasteiger partial charge in [-0.2, -0.15) is 0 Å². The summed E-state index contributed by atoms with van der Waals surface area (Å²) in [7, 11) is 1.34. The van der Waals surface area contributed by atoms with Crippen LogP contribution in [0.4, 0.5) is 23.4 Å². The topological polar surface area (TPSA) is 88.9 Å². The summed E-state index contributed by atoms with van der Waals surface area (Å²) < 4.78 is 61.3. The molecule has 1 aromatic carbocycles. The zero-order valence-electron chi connectivity index (χ0n) is 19.6. The summed E-state index contributed by atoms with van der Waals surface area (Å²) in [4.78, 5) is 26.9. The number of oxime groups is 1. The molecule has 2 heterocycles. The number of anilines is 1. The van der Waals surface area contributed by atoms with Crippen molar-refractivity contribution in [3.8, 4) is 11.6 Å². The molecular formula is C24H25F4N5O3. The highest BCUT2D eigenvalue weighted by Gasteiger charge is 2.46. The lowest BCUT2D eigenvalue weighted by molar-refractivity contribution is -0.128. The van der Waals surface area contributed by atoms with Crippen LogP contribution in [0.15, 0.2) is 60.1 Å². The molecule has 1 N–H and O–H groups in total. The van der Waals surface area contributed by atoms with E-state index in [-0.39, 0.29) is 36.1 Å². The number of piperidine rings is 1. The third kappa shape index (κ3) is 6.66. The minimum atomic E-state index is -2.99. The summed E-state index contributed by atoms with van der Waals surface area (Å²) in [5.74, 6) is -6.55. The molecule has 192 valence electrons. The fourth-order valence-corrected chi connectivity index (χ4v) is 3.63. The lowest BCUT2D eigenvalue weighted by atomic mass is 9.85. The van der Waals surface area contributed by atoms with Gasteiger partial charge < -0.3 is 14.9 Å². The van der Waals surface area contributed by atoms with Crippen molar-refractivity contribution in [2.45, 2.75) is 25.3 Å². The van der Waals surface area contributed by atoms with Gasteiger partial charge in [-0.15, -0.1) is 0 Å². The van der Waals surface area contributed by atoms with Gasteiger partial charge in [0, 0.05) is 25.6 Å². The van der Waals surface area contributed by atoms with Crippen molar-refractivity contribution in [2.75, 3.05) is 25.5 Å². The number of rotatable bonds is 9. The molecule has 1 aliphatic rings. The fourth-order valence-electron chi connectivity index (χ4n) is 3.63. The van der Waals surface area contributed by atoms with Crippen molar-refractivity contribution in [1.82, 2.24) is 14.9 Å². The average Bonchev–Trinajstić information content (AvgIpc) is 2.84. The molecule has 1 amide bonds. The predicted octanol–water partition coefficient (Wildman–Crippen LogP) is 4.58. The van der Waals surface area contributed by atoms with E-state index in [1.807, 2.05) is 0 Å². The third-order valence-corrected chi connectivity index (χ3v) is 5.65. The number of ether oxygens (including phenoxy) is 1. The molecule has 3 rings (SSSR count). The van der Waals surface area contributed by atoms with Crippen molar-refractivity contribution in [3.63, 3.8) is 0 Å². The monoisotopic (exact) mass is 507 g/mol. The molecule has 1 aliphatic heterocycles. The maximum Gasteiger partial charge on any atom is 0.257 e. The molecule has 0 unspecified atom stereocenters. The van der Waals surface area contributed by atoms with Gasteiger partial charge in [0.2, 0.25) is 11.8 Å². The van der Waals surface area contributed by atoms with Crippen LogP contribution in [-0.4, -0.2) is 59.2 Å². The summed E-state index contributed by atoms with van der Waals surface area (Å²) in [5, 5.41) is 6.12. The van der Waals surface area contributed by atoms with Crippen LogP contribution in [0, 0.1) is 17.6 Å². The van der Waals surface area contributed by atoms with E-state index in [9.17, 15) is 22.4 Å². The molecule has 0 saturated carbocycles. The molecular weight excluding hydrogens is 482 g/mol. The van der Waals surface area contributed by atoms with E-state index in [4.69, 9.17) is 4.74 Å². The molecule has 1 aromatic heterocycles. The number of carbonyl (C=O) groups excluding carboxylic acids is 1. The predicted molar refractivity (Wildman–Crippen MR) is 125 cm³/mol. The van der Waals surface area contributed by atoms with E-state index in [1.54, 1.807) is 11.8 Å². The standard InChI is InChI=1S/C24H25F4N5O3/c1-4-16(7-9-31-35-3)18-14-33(10-8-24(18,27)28)15(2)23(34)32-21-12-30-22(13-29-21)36-20-6-5-17(25)11-19(20)26/h4-7,9,11-13,15,18H,1,8,10,14H2,2-3H3,(H,29,32,34)/b16-7+,31-9+/t15-,18+/m0/s1. The Kier molecular flexibility index (Phi) is 8.75. The van der Waals surface area contributed by atoms with Gasteiger partial charge >= 0.3 is 0 Å². The molecule has 0 radical (unpaired) electrons. The van der Waals surface area contributed by atoms with Crippen LogP contribution >= 0.6 is 0 Å². The quantitative estimate of drug-likeness (QED) is 0.231. The second-order valence-electron chi connectivity index (χ2n) is 7.95. The van der Waals surface area contributed by atoms with Crippen molar-refractivity contribution in [3.05, 3.63) is 66.5 Å². The third-order valence-electron chi connectivity index (χ3n) is 5.65. The minimum absolute atomic E-state index is 0.0103. The summed E-state index contributed by atoms with van der Waals surface area (Å²) in [6, 6.07) is 2.05. The molecule has 0 spiro atoms. The summed E-state index contributed by atoms with van der Waals surface area (Å²) in [5.41, 5.74) is 0.275. The zero-order chi connectivity index (χ0) is 26.3. The summed E-state index contributed by atoms with van der Waals surface area (Å²) in [6.45, 7) is 5.15. The Labute approximate surface area is 205 Å². The number of carbonyl (C=O) groups is 1. The first-order valence-electron chi connectivity index (χ1n) is 10.9. The van der Waals surface area contributed by atoms with Gasteiger partial charge in [-0.05, 0) is 30.7 Å². The highest BCUT2D eigenvalue weighted by Crippen LogP contribution is 2.38. The molecule has 12 heteroatoms. The Balaban J connectivity index is 1.64. The Bertz CT molecular complexity index is 1140. The first-order valence-corrected chi connectivity index (χ1v) is 10.9. The first-order chi connectivity index (χ1) is 17.1. The minimum Gasteiger partial charge on any atom is -0.434 e. The first kappa shape index (κ1) is 26.8. The molecule has 1 saturated heterocycles. The van der Waals surface area contributed by atoms with Crippen LogP contribution in [0.2, 0.25) is 0 Å². The zero-order valence-corrected chi connectivity index (χ0v) is 19.6. The number of hydrogen-bond donors (Lipinski definition) is 1. The maximum absolute atomic E-state index is 14.7. The Morgan fingerprint density at radius 1 is 1.33 bits per heavy atom. The average molecular weight is 507 g/mol. The molecule has 2 aromatic rings. The van der Waals surface area contributed by atoms with Crippen LogP contribution in [0.1, 0.15) is 13.3 Å². The SMILES string of the molecule is C=C/C(=C\C=N\OC)[C@H]1CN([C@@H](C)C(=O)Nc2cnc(Oc3ccc(F)cc3F)cn2)CCC1(F)F. The van der Waals surface area contributed by atoms with Gasteiger partial charge in [0.1, 0.15) is 12.9 Å². The van der Waals surface area contributed by atoms with Crippen LogP contribution in [-0.2, 0) is 9.63 Å². The smallest absolute Gasteiger partial charge is 0.257 e. The number of amides is 1. The normalized spacial score (nSPS) is 19.1. The van der Waals surface area contributed by atoms with E-state index < -0.39 is 41.8 Å². The van der Waals surface area contributed by atoms with E-state index in [0.717, 1.165) is 18.3 Å². The van der Waals surface area contributed by atoms with E-state index in [0.29, 0.717) is 6.07 Å². The van der Waals surface area contributed by atoms with Gasteiger partial charge in [0.05, 0.1) is 30.6 Å². The van der Waals surface area contributed by atoms with Gasteiger partial charge in [-0.3, -0.25) is 9.69 Å². The number of halogens is 4. The second-order valence-corrected chi connectivity index (χ2v) is 7.95. The van der Waals surface area contributed by atoms with E-state index in [2.05, 4.69) is 31.9 Å². The molecule has 0 aliphatic carbocycles. The van der Waals surface area contributed by atoms with E-state index >= 15 is 0 Å². The lowest BCUT2D eigenvalue weighted by Crippen LogP contribution is -2.53. The second kappa shape index (κ2) is 11.8. The van der Waals surface area contributed by atoms with Gasteiger partial charge in [0.15, 0.2) is 17.4 Å². The Morgan fingerprint density at radius 2 is 2.11 bits per heavy atom. The maximum atomic E-state index is 14.7. The fraction of sp³-hybridized carbons (Fsp3) is 0.333. The summed E-state index contributed by atoms with van der Waals surface area (Å²) >= 11 is 0. The van der Waals surface area contributed by atoms with E-state index in [1.165, 1.54) is 31.7 Å². The molecule has 8 nitrogen and oxygen atoms in total. The van der Waals surface area contributed by atoms with Crippen molar-refractivity contribution < 1.29 is 31.9 Å². The lowest BCUT2D eigenvalue weighted by Gasteiger charge is -2.41. The molecule has 0 bridgehead atoms. The van der Waals surface area contributed by atoms with Gasteiger partial charge in [-0.1, -0.05) is 17.8 Å². The highest BCUT2D eigenvalue weighted by atomic mass is 19.3. The Morgan fingerprint density at radius 3 is 2.75 bits per heavy atom. The van der Waals surface area contributed by atoms with Crippen molar-refractivity contribution in [2.24, 2.45) is 11.1 Å². The number of alkyl halides is 2. The molecule has 1 fully saturated rings. The van der Waals surface area contributed by atoms with Crippen LogP contribution < -0.4 is 10.1 Å². The van der Waals surface area contributed by atoms with Crippen LogP contribution in [0.25, 0.3) is 0 Å². The number of likely N-dealkylation sites (tertiary alicyclic amines) is 1. The number of nitrogens with zero attached hydrogens (tertiary/aromatic N) is 4. The number of benzene rings is 1. The van der Waals surface area contributed by atoms with Gasteiger partial charge in [-0.25, -0.2) is 27.5 Å². The number of nitrogens with one attached hydrogen (secondary N) is 1. The van der Waals surface area contributed by atoms with Gasteiger partial charge in [0.25, 0.3) is 5.92 Å². The highest BCUT2D eigenvalue weighted by molar-refractivity contribution is 5.93.